The highest BCUT2D eigenvalue weighted by Crippen LogP contribution is 2.35. The largest absolute Gasteiger partial charge is 0.490 e. The molecule has 32 heavy (non-hydrogen) atoms. The lowest BCUT2D eigenvalue weighted by Gasteiger charge is -2.14. The summed E-state index contributed by atoms with van der Waals surface area (Å²) in [5.74, 6) is -0.309. The molecule has 7 nitrogen and oxygen atoms in total. The summed E-state index contributed by atoms with van der Waals surface area (Å²) in [5.41, 5.74) is 2.22. The molecule has 0 unspecified atom stereocenters. The normalized spacial score (nSPS) is 10.8. The predicted molar refractivity (Wildman–Crippen MR) is 125 cm³/mol. The summed E-state index contributed by atoms with van der Waals surface area (Å²) in [6.07, 6.45) is 2.35. The number of esters is 1. The van der Waals surface area contributed by atoms with Crippen molar-refractivity contribution in [2.45, 2.75) is 27.2 Å². The zero-order chi connectivity index (χ0) is 23.5. The number of hydrogen-bond donors (Lipinski definition) is 1. The molecule has 0 aliphatic carbocycles. The quantitative estimate of drug-likeness (QED) is 0.283. The van der Waals surface area contributed by atoms with Gasteiger partial charge in [0.2, 0.25) is 0 Å². The standard InChI is InChI=1S/C24H25BrN2O5/c1-4-16-7-9-19(10-8-16)27-24(29)18(14-26)11-17-12-21(30-5-2)22(13-20(17)25)32-15-23(28)31-6-3/h7-13H,4-6,15H2,1-3H3,(H,27,29)/b18-11+. The fraction of sp³-hybridized carbons (Fsp3) is 0.292. The Bertz CT molecular complexity index is 1030. The van der Waals surface area contributed by atoms with Gasteiger partial charge in [-0.15, -0.1) is 0 Å². The first-order valence-electron chi connectivity index (χ1n) is 10.2. The van der Waals surface area contributed by atoms with Gasteiger partial charge in [-0.25, -0.2) is 4.79 Å². The highest BCUT2D eigenvalue weighted by molar-refractivity contribution is 9.10. The van der Waals surface area contributed by atoms with Gasteiger partial charge in [0.05, 0.1) is 13.2 Å². The van der Waals surface area contributed by atoms with Crippen LogP contribution >= 0.6 is 15.9 Å². The van der Waals surface area contributed by atoms with Crippen molar-refractivity contribution in [3.8, 4) is 17.6 Å². The predicted octanol–water partition coefficient (Wildman–Crippen LogP) is 4.90. The Labute approximate surface area is 196 Å². The lowest BCUT2D eigenvalue weighted by atomic mass is 10.1. The van der Waals surface area contributed by atoms with Crippen molar-refractivity contribution in [3.05, 3.63) is 57.6 Å². The van der Waals surface area contributed by atoms with E-state index in [1.54, 1.807) is 31.2 Å². The molecule has 1 N–H and O–H groups in total. The minimum Gasteiger partial charge on any atom is -0.490 e. The monoisotopic (exact) mass is 500 g/mol. The van der Waals surface area contributed by atoms with Crippen LogP contribution in [0, 0.1) is 11.3 Å². The molecule has 0 aliphatic rings. The van der Waals surface area contributed by atoms with Gasteiger partial charge >= 0.3 is 5.97 Å². The molecule has 0 radical (unpaired) electrons. The smallest absolute Gasteiger partial charge is 0.344 e. The number of aryl methyl sites for hydroxylation is 1. The van der Waals surface area contributed by atoms with Gasteiger partial charge in [0.15, 0.2) is 18.1 Å². The van der Waals surface area contributed by atoms with Crippen LogP contribution in [0.3, 0.4) is 0 Å². The molecule has 2 aromatic carbocycles. The first kappa shape index (κ1) is 25.0. The Morgan fingerprint density at radius 1 is 1.06 bits per heavy atom. The second-order valence-corrected chi connectivity index (χ2v) is 7.38. The highest BCUT2D eigenvalue weighted by Gasteiger charge is 2.15. The van der Waals surface area contributed by atoms with E-state index in [4.69, 9.17) is 14.2 Å². The Morgan fingerprint density at radius 2 is 1.75 bits per heavy atom. The lowest BCUT2D eigenvalue weighted by molar-refractivity contribution is -0.145. The fourth-order valence-electron chi connectivity index (χ4n) is 2.71. The summed E-state index contributed by atoms with van der Waals surface area (Å²) in [6.45, 7) is 5.93. The number of carbonyl (C=O) groups excluding carboxylic acids is 2. The molecule has 168 valence electrons. The van der Waals surface area contributed by atoms with Crippen LogP contribution < -0.4 is 14.8 Å². The Morgan fingerprint density at radius 3 is 2.34 bits per heavy atom. The van der Waals surface area contributed by atoms with Crippen molar-refractivity contribution in [1.29, 1.82) is 5.26 Å². The van der Waals surface area contributed by atoms with E-state index < -0.39 is 11.9 Å². The van der Waals surface area contributed by atoms with Crippen LogP contribution in [0.25, 0.3) is 6.08 Å². The number of benzene rings is 2. The van der Waals surface area contributed by atoms with Crippen molar-refractivity contribution >= 4 is 39.6 Å². The number of amides is 1. The molecule has 1 amide bonds. The average Bonchev–Trinajstić information content (AvgIpc) is 2.78. The maximum atomic E-state index is 12.6. The number of rotatable bonds is 10. The third-order valence-electron chi connectivity index (χ3n) is 4.30. The first-order valence-corrected chi connectivity index (χ1v) is 11.0. The van der Waals surface area contributed by atoms with E-state index in [0.717, 1.165) is 12.0 Å². The molecule has 0 saturated heterocycles. The van der Waals surface area contributed by atoms with Gasteiger partial charge in [-0.3, -0.25) is 4.79 Å². The fourth-order valence-corrected chi connectivity index (χ4v) is 3.15. The number of halogens is 1. The van der Waals surface area contributed by atoms with Gasteiger partial charge in [-0.05, 0) is 61.7 Å². The molecule has 2 rings (SSSR count). The SMILES string of the molecule is CCOC(=O)COc1cc(Br)c(/C=C(\C#N)C(=O)Nc2ccc(CC)cc2)cc1OCC. The molecule has 0 bridgehead atoms. The molecular weight excluding hydrogens is 476 g/mol. The van der Waals surface area contributed by atoms with E-state index in [1.165, 1.54) is 6.08 Å². The lowest BCUT2D eigenvalue weighted by Crippen LogP contribution is -2.15. The van der Waals surface area contributed by atoms with Gasteiger partial charge in [-0.2, -0.15) is 5.26 Å². The van der Waals surface area contributed by atoms with E-state index in [1.807, 2.05) is 32.0 Å². The van der Waals surface area contributed by atoms with Crippen LogP contribution in [0.4, 0.5) is 5.69 Å². The number of ether oxygens (including phenoxy) is 3. The van der Waals surface area contributed by atoms with E-state index in [2.05, 4.69) is 21.2 Å². The molecule has 0 atom stereocenters. The summed E-state index contributed by atoms with van der Waals surface area (Å²) in [5, 5.41) is 12.3. The number of nitriles is 1. The van der Waals surface area contributed by atoms with Crippen LogP contribution in [0.1, 0.15) is 31.9 Å². The third kappa shape index (κ3) is 7.13. The maximum absolute atomic E-state index is 12.6. The van der Waals surface area contributed by atoms with Gasteiger partial charge in [0, 0.05) is 10.2 Å². The first-order chi connectivity index (χ1) is 15.4. The summed E-state index contributed by atoms with van der Waals surface area (Å²) in [6, 6.07) is 12.6. The van der Waals surface area contributed by atoms with Crippen LogP contribution in [0.5, 0.6) is 11.5 Å². The minimum atomic E-state index is -0.524. The molecule has 0 aromatic heterocycles. The highest BCUT2D eigenvalue weighted by atomic mass is 79.9. The second-order valence-electron chi connectivity index (χ2n) is 6.52. The third-order valence-corrected chi connectivity index (χ3v) is 4.99. The molecule has 0 saturated carbocycles. The van der Waals surface area contributed by atoms with Gasteiger partial charge in [0.25, 0.3) is 5.91 Å². The zero-order valence-corrected chi connectivity index (χ0v) is 19.8. The molecule has 0 aliphatic heterocycles. The van der Waals surface area contributed by atoms with Crippen molar-refractivity contribution in [2.24, 2.45) is 0 Å². The van der Waals surface area contributed by atoms with E-state index >= 15 is 0 Å². The number of hydrogen-bond acceptors (Lipinski definition) is 6. The van der Waals surface area contributed by atoms with E-state index in [0.29, 0.717) is 33.8 Å². The number of nitrogens with zero attached hydrogens (tertiary/aromatic N) is 1. The number of nitrogens with one attached hydrogen (secondary N) is 1. The van der Waals surface area contributed by atoms with Crippen molar-refractivity contribution in [2.75, 3.05) is 25.1 Å². The maximum Gasteiger partial charge on any atom is 0.344 e. The summed E-state index contributed by atoms with van der Waals surface area (Å²) in [7, 11) is 0. The Kier molecular flexibility index (Phi) is 9.76. The number of carbonyl (C=O) groups is 2. The van der Waals surface area contributed by atoms with Crippen LogP contribution in [0.2, 0.25) is 0 Å². The summed E-state index contributed by atoms with van der Waals surface area (Å²) >= 11 is 3.42. The van der Waals surface area contributed by atoms with Crippen LogP contribution in [-0.2, 0) is 20.7 Å². The molecule has 0 heterocycles. The zero-order valence-electron chi connectivity index (χ0n) is 18.2. The van der Waals surface area contributed by atoms with Crippen molar-refractivity contribution < 1.29 is 23.8 Å². The second kappa shape index (κ2) is 12.5. The molecular formula is C24H25BrN2O5. The molecule has 8 heteroatoms. The summed E-state index contributed by atoms with van der Waals surface area (Å²) < 4.78 is 16.6. The van der Waals surface area contributed by atoms with Crippen LogP contribution in [-0.4, -0.2) is 31.7 Å². The Balaban J connectivity index is 2.26. The average molecular weight is 501 g/mol. The van der Waals surface area contributed by atoms with Crippen molar-refractivity contribution in [3.63, 3.8) is 0 Å². The van der Waals surface area contributed by atoms with E-state index in [9.17, 15) is 14.9 Å². The van der Waals surface area contributed by atoms with E-state index in [-0.39, 0.29) is 18.8 Å². The molecule has 0 spiro atoms. The van der Waals surface area contributed by atoms with Gasteiger partial charge < -0.3 is 19.5 Å². The van der Waals surface area contributed by atoms with Crippen molar-refractivity contribution in [1.82, 2.24) is 0 Å². The van der Waals surface area contributed by atoms with Crippen LogP contribution in [0.15, 0.2) is 46.4 Å². The molecule has 2 aromatic rings. The van der Waals surface area contributed by atoms with Gasteiger partial charge in [-0.1, -0.05) is 35.0 Å². The minimum absolute atomic E-state index is 0.0760. The Hall–Kier alpha value is -3.31. The summed E-state index contributed by atoms with van der Waals surface area (Å²) in [4.78, 5) is 24.2. The number of anilines is 1. The van der Waals surface area contributed by atoms with Gasteiger partial charge in [0.1, 0.15) is 11.6 Å². The molecule has 0 fully saturated rings. The topological polar surface area (TPSA) is 97.7 Å².